The molecular weight excluding hydrogens is 680 g/mol. The van der Waals surface area contributed by atoms with Crippen LogP contribution in [0.1, 0.15) is 55.4 Å². The molecule has 18 nitrogen and oxygen atoms in total. The molecule has 0 saturated carbocycles. The Labute approximate surface area is 283 Å². The van der Waals surface area contributed by atoms with Crippen molar-refractivity contribution in [3.05, 3.63) is 12.3 Å². The Morgan fingerprint density at radius 2 is 1.57 bits per heavy atom. The van der Waals surface area contributed by atoms with Gasteiger partial charge in [-0.1, -0.05) is 41.5 Å². The maximum absolute atomic E-state index is 15.1. The van der Waals surface area contributed by atoms with Crippen LogP contribution >= 0.6 is 7.82 Å². The number of esters is 4. The average molecular weight is 728 g/mol. The number of phosphoric acid groups is 1. The van der Waals surface area contributed by atoms with Crippen molar-refractivity contribution in [1.82, 2.24) is 9.80 Å². The second-order valence-corrected chi connectivity index (χ2v) is 14.2. The van der Waals surface area contributed by atoms with Crippen molar-refractivity contribution in [2.24, 2.45) is 23.5 Å². The van der Waals surface area contributed by atoms with Crippen molar-refractivity contribution in [3.8, 4) is 0 Å². The molecule has 5 atom stereocenters. The van der Waals surface area contributed by atoms with Crippen molar-refractivity contribution >= 4 is 37.6 Å². The highest BCUT2D eigenvalue weighted by Gasteiger charge is 2.66. The third-order valence-electron chi connectivity index (χ3n) is 7.31. The largest absolute Gasteiger partial charge is 0.480 e. The van der Waals surface area contributed by atoms with E-state index in [-0.39, 0.29) is 12.6 Å². The van der Waals surface area contributed by atoms with Gasteiger partial charge in [-0.25, -0.2) is 18.0 Å². The number of alkyl halides is 1. The number of halogens is 1. The van der Waals surface area contributed by atoms with Crippen LogP contribution in [0.25, 0.3) is 0 Å². The molecule has 2 heterocycles. The van der Waals surface area contributed by atoms with E-state index in [1.807, 2.05) is 0 Å². The molecule has 49 heavy (non-hydrogen) atoms. The van der Waals surface area contributed by atoms with E-state index in [4.69, 9.17) is 43.0 Å². The minimum Gasteiger partial charge on any atom is -0.456 e. The molecule has 2 rings (SSSR count). The van der Waals surface area contributed by atoms with Crippen LogP contribution in [0.5, 0.6) is 0 Å². The molecule has 1 amide bonds. The summed E-state index contributed by atoms with van der Waals surface area (Å²) in [5.74, 6) is -5.16. The number of aliphatic hydroxyl groups is 1. The zero-order valence-corrected chi connectivity index (χ0v) is 29.7. The maximum atomic E-state index is 15.1. The van der Waals surface area contributed by atoms with Crippen LogP contribution in [0.2, 0.25) is 0 Å². The topological polar surface area (TPSA) is 229 Å². The third kappa shape index (κ3) is 11.2. The fourth-order valence-electron chi connectivity index (χ4n) is 4.39. The molecule has 0 spiro atoms. The lowest BCUT2D eigenvalue weighted by molar-refractivity contribution is -0.178. The Morgan fingerprint density at radius 1 is 1.02 bits per heavy atom. The zero-order chi connectivity index (χ0) is 37.3. The molecular formula is C29H47FN3O15P. The molecule has 0 aromatic rings. The molecule has 20 heteroatoms. The van der Waals surface area contributed by atoms with E-state index in [0.29, 0.717) is 0 Å². The first kappa shape index (κ1) is 42.0. The van der Waals surface area contributed by atoms with Crippen LogP contribution in [-0.2, 0) is 65.8 Å². The van der Waals surface area contributed by atoms with Gasteiger partial charge in [0, 0.05) is 19.2 Å². The highest BCUT2D eigenvalue weighted by atomic mass is 31.2. The number of carbonyl (C=O) groups excluding carboxylic acids is 5. The Bertz CT molecular complexity index is 1250. The van der Waals surface area contributed by atoms with E-state index < -0.39 is 113 Å². The Balaban J connectivity index is 2.35. The van der Waals surface area contributed by atoms with Gasteiger partial charge in [-0.15, -0.1) is 0 Å². The summed E-state index contributed by atoms with van der Waals surface area (Å²) in [5.41, 5.74) is 1.19. The van der Waals surface area contributed by atoms with Gasteiger partial charge in [0.15, 0.2) is 24.7 Å². The third-order valence-corrected chi connectivity index (χ3v) is 8.60. The first-order valence-corrected chi connectivity index (χ1v) is 16.8. The van der Waals surface area contributed by atoms with Gasteiger partial charge in [0.1, 0.15) is 18.3 Å². The van der Waals surface area contributed by atoms with Crippen molar-refractivity contribution in [2.45, 2.75) is 85.0 Å². The van der Waals surface area contributed by atoms with Gasteiger partial charge in [-0.2, -0.15) is 0 Å². The summed E-state index contributed by atoms with van der Waals surface area (Å²) in [6.45, 7) is 6.36. The summed E-state index contributed by atoms with van der Waals surface area (Å²) < 4.78 is 70.4. The lowest BCUT2D eigenvalue weighted by atomic mass is 9.88. The standard InChI is InChI=1S/C29H47FN3O15P/c1-17(2)22(31)25(38)41-14-33-13-32(10-9-21(33)35)27-28(8,39)26(47-20(7)34)29(11-30,48-27)12-44-49(40,45-15-42-23(36)18(3)4)46-16-43-24(37)19(5)6/h9-10,17-19,22,26-27,39H,11-16,31H2,1-8H3. The number of nitrogens with two attached hydrogens (primary N) is 1. The Hall–Kier alpha value is -3.19. The van der Waals surface area contributed by atoms with Crippen LogP contribution in [0, 0.1) is 17.8 Å². The van der Waals surface area contributed by atoms with E-state index in [2.05, 4.69) is 0 Å². The van der Waals surface area contributed by atoms with Gasteiger partial charge in [-0.3, -0.25) is 33.4 Å². The fourth-order valence-corrected chi connectivity index (χ4v) is 5.35. The first-order chi connectivity index (χ1) is 22.7. The highest BCUT2D eigenvalue weighted by molar-refractivity contribution is 7.48. The minimum absolute atomic E-state index is 0.242. The van der Waals surface area contributed by atoms with E-state index in [1.54, 1.807) is 13.8 Å². The second kappa shape index (κ2) is 17.6. The SMILES string of the molecule is CC(=O)OC1C(CF)(COP(=O)(OCOC(=O)C(C)C)OCOC(=O)C(C)C)OC(N2C=CC(=O)N(COC(=O)C(N)C(C)C)C2)C1(C)O. The molecule has 0 bridgehead atoms. The molecule has 3 N–H and O–H groups in total. The second-order valence-electron chi connectivity index (χ2n) is 12.5. The number of hydrogen-bond acceptors (Lipinski definition) is 17. The molecule has 0 radical (unpaired) electrons. The molecule has 2 aliphatic rings. The smallest absolute Gasteiger partial charge is 0.456 e. The Morgan fingerprint density at radius 3 is 2.04 bits per heavy atom. The van der Waals surface area contributed by atoms with Gasteiger partial charge < -0.3 is 39.4 Å². The minimum atomic E-state index is -4.87. The van der Waals surface area contributed by atoms with Crippen molar-refractivity contribution < 1.29 is 75.3 Å². The van der Waals surface area contributed by atoms with E-state index >= 15 is 4.39 Å². The summed E-state index contributed by atoms with van der Waals surface area (Å²) in [6, 6.07) is -0.950. The summed E-state index contributed by atoms with van der Waals surface area (Å²) in [5, 5.41) is 11.7. The van der Waals surface area contributed by atoms with Crippen molar-refractivity contribution in [1.29, 1.82) is 0 Å². The summed E-state index contributed by atoms with van der Waals surface area (Å²) in [4.78, 5) is 63.1. The van der Waals surface area contributed by atoms with Gasteiger partial charge in [0.2, 0.25) is 13.6 Å². The van der Waals surface area contributed by atoms with E-state index in [9.17, 15) is 33.6 Å². The lowest BCUT2D eigenvalue weighted by Gasteiger charge is -2.39. The van der Waals surface area contributed by atoms with Crippen LogP contribution < -0.4 is 5.73 Å². The van der Waals surface area contributed by atoms with Crippen LogP contribution in [0.15, 0.2) is 12.3 Å². The van der Waals surface area contributed by atoms with Crippen molar-refractivity contribution in [2.75, 3.05) is 40.3 Å². The van der Waals surface area contributed by atoms with Crippen LogP contribution in [0.4, 0.5) is 4.39 Å². The highest BCUT2D eigenvalue weighted by Crippen LogP contribution is 2.52. The number of amides is 1. The number of carbonyl (C=O) groups is 5. The molecule has 2 aliphatic heterocycles. The Kier molecular flexibility index (Phi) is 15.1. The van der Waals surface area contributed by atoms with Gasteiger partial charge in [0.25, 0.3) is 5.91 Å². The molecule has 5 unspecified atom stereocenters. The molecule has 0 aliphatic carbocycles. The molecule has 280 valence electrons. The predicted octanol–water partition coefficient (Wildman–Crippen LogP) is 1.30. The molecule has 0 aromatic carbocycles. The van der Waals surface area contributed by atoms with Gasteiger partial charge in [0.05, 0.1) is 25.1 Å². The average Bonchev–Trinajstić information content (AvgIpc) is 3.24. The number of nitrogens with zero attached hydrogens (tertiary/aromatic N) is 2. The van der Waals surface area contributed by atoms with Gasteiger partial charge in [-0.05, 0) is 12.8 Å². The summed E-state index contributed by atoms with van der Waals surface area (Å²) in [6.07, 6.45) is -1.10. The number of hydrogen-bond donors (Lipinski definition) is 2. The normalized spacial score (nSPS) is 24.8. The molecule has 1 fully saturated rings. The number of ether oxygens (including phenoxy) is 5. The molecule has 1 saturated heterocycles. The zero-order valence-electron chi connectivity index (χ0n) is 28.8. The molecule has 0 aromatic heterocycles. The summed E-state index contributed by atoms with van der Waals surface area (Å²) >= 11 is 0. The number of phosphoric ester groups is 1. The van der Waals surface area contributed by atoms with Gasteiger partial charge >= 0.3 is 31.7 Å². The first-order valence-electron chi connectivity index (χ1n) is 15.3. The maximum Gasteiger partial charge on any atom is 0.480 e. The van der Waals surface area contributed by atoms with E-state index in [0.717, 1.165) is 17.9 Å². The fraction of sp³-hybridized carbons (Fsp3) is 0.759. The van der Waals surface area contributed by atoms with Crippen LogP contribution in [-0.4, -0.2) is 115 Å². The summed E-state index contributed by atoms with van der Waals surface area (Å²) in [7, 11) is -4.87. The van der Waals surface area contributed by atoms with Crippen LogP contribution in [0.3, 0.4) is 0 Å². The van der Waals surface area contributed by atoms with Crippen molar-refractivity contribution in [3.63, 3.8) is 0 Å². The van der Waals surface area contributed by atoms with E-state index in [1.165, 1.54) is 45.7 Å². The predicted molar refractivity (Wildman–Crippen MR) is 164 cm³/mol. The lowest BCUT2D eigenvalue weighted by Crippen LogP contribution is -2.58. The quantitative estimate of drug-likeness (QED) is 0.0877. The number of rotatable bonds is 18. The monoisotopic (exact) mass is 727 g/mol.